The summed E-state index contributed by atoms with van der Waals surface area (Å²) in [5.74, 6) is -1.13. The second-order valence-electron chi connectivity index (χ2n) is 9.11. The molecule has 0 radical (unpaired) electrons. The number of Topliss-reactive ketones (excluding diaryl/α,β-unsaturated/α-hetero) is 1. The van der Waals surface area contributed by atoms with Crippen molar-refractivity contribution < 1.29 is 19.1 Å². The molecule has 7 nitrogen and oxygen atoms in total. The molecule has 1 aromatic heterocycles. The van der Waals surface area contributed by atoms with Crippen LogP contribution in [0.3, 0.4) is 0 Å². The second kappa shape index (κ2) is 8.50. The third-order valence-corrected chi connectivity index (χ3v) is 5.23. The van der Waals surface area contributed by atoms with Gasteiger partial charge in [-0.2, -0.15) is 0 Å². The number of carbonyl (C=O) groups excluding carboxylic acids is 3. The van der Waals surface area contributed by atoms with Crippen molar-refractivity contribution in [1.82, 2.24) is 14.8 Å². The number of likely N-dealkylation sites (tertiary alicyclic amines) is 1. The number of hydrogen-bond acceptors (Lipinski definition) is 4. The Kier molecular flexibility index (Phi) is 6.19. The first-order chi connectivity index (χ1) is 14.1. The van der Waals surface area contributed by atoms with Crippen LogP contribution in [0.5, 0.6) is 0 Å². The van der Waals surface area contributed by atoms with Gasteiger partial charge in [0, 0.05) is 42.3 Å². The minimum atomic E-state index is -0.600. The van der Waals surface area contributed by atoms with Crippen LogP contribution in [0.4, 0.5) is 4.79 Å². The fourth-order valence-electron chi connectivity index (χ4n) is 3.72. The van der Waals surface area contributed by atoms with E-state index < -0.39 is 17.3 Å². The van der Waals surface area contributed by atoms with E-state index in [0.29, 0.717) is 31.5 Å². The lowest BCUT2D eigenvalue weighted by Gasteiger charge is -2.33. The summed E-state index contributed by atoms with van der Waals surface area (Å²) in [6, 6.07) is 7.65. The number of para-hydroxylation sites is 1. The van der Waals surface area contributed by atoms with Crippen LogP contribution >= 0.6 is 0 Å². The lowest BCUT2D eigenvalue weighted by Crippen LogP contribution is -2.49. The van der Waals surface area contributed by atoms with Crippen molar-refractivity contribution in [2.24, 2.45) is 0 Å². The summed E-state index contributed by atoms with van der Waals surface area (Å²) in [6.45, 7) is 10.6. The van der Waals surface area contributed by atoms with E-state index >= 15 is 0 Å². The zero-order chi connectivity index (χ0) is 22.1. The van der Waals surface area contributed by atoms with Gasteiger partial charge in [-0.25, -0.2) is 4.79 Å². The Balaban J connectivity index is 1.63. The van der Waals surface area contributed by atoms with E-state index in [9.17, 15) is 14.4 Å². The highest BCUT2D eigenvalue weighted by atomic mass is 16.6. The molecule has 2 aromatic rings. The standard InChI is InChI=1S/C23H31N3O4/c1-15(2)26-14-18(17-8-6-7-9-19(17)26)20(27)21(28)24-16-10-12-25(13-11-16)22(29)30-23(3,4)5/h6-9,14-16H,10-13H2,1-5H3,(H,24,28). The maximum absolute atomic E-state index is 12.9. The molecule has 0 unspecified atom stereocenters. The molecule has 0 saturated carbocycles. The van der Waals surface area contributed by atoms with E-state index in [1.54, 1.807) is 11.1 Å². The summed E-state index contributed by atoms with van der Waals surface area (Å²) in [5.41, 5.74) is 0.821. The summed E-state index contributed by atoms with van der Waals surface area (Å²) in [7, 11) is 0. The van der Waals surface area contributed by atoms with Gasteiger partial charge in [0.05, 0.1) is 5.56 Å². The topological polar surface area (TPSA) is 80.6 Å². The molecule has 0 spiro atoms. The van der Waals surface area contributed by atoms with Gasteiger partial charge in [-0.15, -0.1) is 0 Å². The normalized spacial score (nSPS) is 15.5. The van der Waals surface area contributed by atoms with Gasteiger partial charge in [0.1, 0.15) is 5.60 Å². The van der Waals surface area contributed by atoms with Crippen LogP contribution in [0.15, 0.2) is 30.5 Å². The number of rotatable bonds is 4. The number of nitrogens with zero attached hydrogens (tertiary/aromatic N) is 2. The quantitative estimate of drug-likeness (QED) is 0.608. The molecule has 2 amide bonds. The molecule has 0 aliphatic carbocycles. The van der Waals surface area contributed by atoms with E-state index in [1.807, 2.05) is 63.5 Å². The Labute approximate surface area is 177 Å². The van der Waals surface area contributed by atoms with E-state index in [0.717, 1.165) is 10.9 Å². The fourth-order valence-corrected chi connectivity index (χ4v) is 3.72. The average Bonchev–Trinajstić information content (AvgIpc) is 3.06. The molecule has 162 valence electrons. The maximum Gasteiger partial charge on any atom is 0.410 e. The zero-order valence-electron chi connectivity index (χ0n) is 18.4. The van der Waals surface area contributed by atoms with Gasteiger partial charge < -0.3 is 19.5 Å². The monoisotopic (exact) mass is 413 g/mol. The first-order valence-corrected chi connectivity index (χ1v) is 10.5. The van der Waals surface area contributed by atoms with Crippen LogP contribution in [-0.4, -0.2) is 52.0 Å². The van der Waals surface area contributed by atoms with Gasteiger partial charge in [0.2, 0.25) is 0 Å². The lowest BCUT2D eigenvalue weighted by atomic mass is 10.0. The highest BCUT2D eigenvalue weighted by molar-refractivity contribution is 6.45. The third-order valence-electron chi connectivity index (χ3n) is 5.23. The number of aromatic nitrogens is 1. The molecule has 1 aliphatic heterocycles. The lowest BCUT2D eigenvalue weighted by molar-refractivity contribution is -0.117. The van der Waals surface area contributed by atoms with E-state index in [1.165, 1.54) is 0 Å². The predicted molar refractivity (Wildman–Crippen MR) is 116 cm³/mol. The summed E-state index contributed by atoms with van der Waals surface area (Å²) < 4.78 is 7.40. The molecular formula is C23H31N3O4. The van der Waals surface area contributed by atoms with Crippen molar-refractivity contribution in [3.8, 4) is 0 Å². The summed E-state index contributed by atoms with van der Waals surface area (Å²) in [6.07, 6.45) is 2.60. The van der Waals surface area contributed by atoms with Gasteiger partial charge >= 0.3 is 6.09 Å². The smallest absolute Gasteiger partial charge is 0.410 e. The van der Waals surface area contributed by atoms with Crippen LogP contribution < -0.4 is 5.32 Å². The number of ketones is 1. The van der Waals surface area contributed by atoms with Gasteiger partial charge in [-0.1, -0.05) is 18.2 Å². The van der Waals surface area contributed by atoms with E-state index in [2.05, 4.69) is 5.32 Å². The van der Waals surface area contributed by atoms with Crippen molar-refractivity contribution in [3.05, 3.63) is 36.0 Å². The van der Waals surface area contributed by atoms with Gasteiger partial charge in [0.25, 0.3) is 11.7 Å². The molecule has 1 aliphatic rings. The summed E-state index contributed by atoms with van der Waals surface area (Å²) in [4.78, 5) is 39.4. The minimum absolute atomic E-state index is 0.140. The number of ether oxygens (including phenoxy) is 1. The zero-order valence-corrected chi connectivity index (χ0v) is 18.4. The van der Waals surface area contributed by atoms with Crippen molar-refractivity contribution in [3.63, 3.8) is 0 Å². The Bertz CT molecular complexity index is 947. The van der Waals surface area contributed by atoms with Crippen LogP contribution in [0, 0.1) is 0 Å². The Hall–Kier alpha value is -2.83. The SMILES string of the molecule is CC(C)n1cc(C(=O)C(=O)NC2CCN(C(=O)OC(C)(C)C)CC2)c2ccccc21. The molecule has 1 fully saturated rings. The summed E-state index contributed by atoms with van der Waals surface area (Å²) >= 11 is 0. The number of nitrogens with one attached hydrogen (secondary N) is 1. The molecule has 1 aromatic carbocycles. The fraction of sp³-hybridized carbons (Fsp3) is 0.522. The Morgan fingerprint density at radius 2 is 1.73 bits per heavy atom. The van der Waals surface area contributed by atoms with Crippen molar-refractivity contribution in [2.75, 3.05) is 13.1 Å². The molecule has 2 heterocycles. The van der Waals surface area contributed by atoms with Gasteiger partial charge in [-0.3, -0.25) is 9.59 Å². The van der Waals surface area contributed by atoms with Crippen molar-refractivity contribution >= 4 is 28.7 Å². The first-order valence-electron chi connectivity index (χ1n) is 10.5. The van der Waals surface area contributed by atoms with Crippen LogP contribution in [0.1, 0.15) is 63.9 Å². The van der Waals surface area contributed by atoms with Crippen LogP contribution in [-0.2, 0) is 9.53 Å². The molecule has 3 rings (SSSR count). The number of hydrogen-bond donors (Lipinski definition) is 1. The number of piperidine rings is 1. The number of benzene rings is 1. The molecule has 1 saturated heterocycles. The van der Waals surface area contributed by atoms with Crippen molar-refractivity contribution in [1.29, 1.82) is 0 Å². The number of carbonyl (C=O) groups is 3. The first kappa shape index (κ1) is 21.9. The molecule has 0 atom stereocenters. The summed E-state index contributed by atoms with van der Waals surface area (Å²) in [5, 5.41) is 3.63. The number of amides is 2. The molecule has 1 N–H and O–H groups in total. The van der Waals surface area contributed by atoms with Gasteiger partial charge in [-0.05, 0) is 53.5 Å². The second-order valence-corrected chi connectivity index (χ2v) is 9.11. The largest absolute Gasteiger partial charge is 0.444 e. The molecule has 0 bridgehead atoms. The minimum Gasteiger partial charge on any atom is -0.444 e. The highest BCUT2D eigenvalue weighted by Crippen LogP contribution is 2.25. The van der Waals surface area contributed by atoms with E-state index in [-0.39, 0.29) is 18.2 Å². The predicted octanol–water partition coefficient (Wildman–Crippen LogP) is 3.92. The highest BCUT2D eigenvalue weighted by Gasteiger charge is 2.29. The Morgan fingerprint density at radius 3 is 2.33 bits per heavy atom. The van der Waals surface area contributed by atoms with E-state index in [4.69, 9.17) is 4.74 Å². The van der Waals surface area contributed by atoms with Gasteiger partial charge in [0.15, 0.2) is 0 Å². The van der Waals surface area contributed by atoms with Crippen molar-refractivity contribution in [2.45, 2.75) is 65.1 Å². The van der Waals surface area contributed by atoms with Crippen LogP contribution in [0.25, 0.3) is 10.9 Å². The third kappa shape index (κ3) is 4.83. The number of fused-ring (bicyclic) bond motifs is 1. The average molecular weight is 414 g/mol. The molecule has 7 heteroatoms. The Morgan fingerprint density at radius 1 is 1.10 bits per heavy atom. The molecular weight excluding hydrogens is 382 g/mol. The van der Waals surface area contributed by atoms with Crippen LogP contribution in [0.2, 0.25) is 0 Å². The maximum atomic E-state index is 12.9. The molecule has 30 heavy (non-hydrogen) atoms.